The van der Waals surface area contributed by atoms with E-state index in [-0.39, 0.29) is 12.1 Å². The van der Waals surface area contributed by atoms with Crippen LogP contribution in [0.4, 0.5) is 0 Å². The van der Waals surface area contributed by atoms with Gasteiger partial charge in [-0.3, -0.25) is 4.79 Å². The fourth-order valence-corrected chi connectivity index (χ4v) is 1.35. The Morgan fingerprint density at radius 3 is 2.73 bits per heavy atom. The molecule has 0 saturated heterocycles. The highest BCUT2D eigenvalue weighted by Gasteiger charge is 2.19. The van der Waals surface area contributed by atoms with Gasteiger partial charge in [0, 0.05) is 13.2 Å². The van der Waals surface area contributed by atoms with Gasteiger partial charge in [-0.2, -0.15) is 8.42 Å². The van der Waals surface area contributed by atoms with Crippen LogP contribution in [0.1, 0.15) is 10.5 Å². The number of hydrogen-bond donors (Lipinski definition) is 1. The summed E-state index contributed by atoms with van der Waals surface area (Å²) in [5.74, 6) is -1.06. The topological polar surface area (TPSA) is 94.5 Å². The van der Waals surface area contributed by atoms with Gasteiger partial charge in [-0.25, -0.2) is 9.52 Å². The number of aromatic nitrogens is 1. The van der Waals surface area contributed by atoms with Gasteiger partial charge in [0.25, 0.3) is 0 Å². The van der Waals surface area contributed by atoms with E-state index in [1.54, 1.807) is 19.3 Å². The first-order valence-corrected chi connectivity index (χ1v) is 5.18. The van der Waals surface area contributed by atoms with Crippen LogP contribution >= 0.6 is 0 Å². The lowest BCUT2D eigenvalue weighted by Crippen LogP contribution is -2.27. The van der Waals surface area contributed by atoms with Crippen molar-refractivity contribution in [3.8, 4) is 0 Å². The van der Waals surface area contributed by atoms with E-state index in [1.807, 2.05) is 0 Å². The van der Waals surface area contributed by atoms with Gasteiger partial charge in [-0.15, -0.1) is 0 Å². The van der Waals surface area contributed by atoms with E-state index in [0.717, 1.165) is 0 Å². The number of amides is 1. The van der Waals surface area contributed by atoms with Crippen molar-refractivity contribution in [1.82, 2.24) is 9.29 Å². The van der Waals surface area contributed by atoms with Gasteiger partial charge in [-0.05, 0) is 12.1 Å². The summed E-state index contributed by atoms with van der Waals surface area (Å²) in [4.78, 5) is 21.1. The molecule has 0 unspecified atom stereocenters. The van der Waals surface area contributed by atoms with Crippen molar-refractivity contribution in [3.63, 3.8) is 0 Å². The first kappa shape index (κ1) is 11.2. The summed E-state index contributed by atoms with van der Waals surface area (Å²) < 4.78 is 28.5. The van der Waals surface area contributed by atoms with E-state index in [1.165, 1.54) is 15.4 Å². The summed E-state index contributed by atoms with van der Waals surface area (Å²) in [5.41, 5.74) is 0.0614. The van der Waals surface area contributed by atoms with Crippen molar-refractivity contribution < 1.29 is 22.2 Å². The smallest absolute Gasteiger partial charge is 0.345 e. The van der Waals surface area contributed by atoms with Crippen LogP contribution in [-0.4, -0.2) is 25.4 Å². The van der Waals surface area contributed by atoms with Crippen LogP contribution in [0.3, 0.4) is 0 Å². The lowest BCUT2D eigenvalue weighted by Gasteiger charge is -2.03. The summed E-state index contributed by atoms with van der Waals surface area (Å²) in [6.45, 7) is 0. The highest BCUT2D eigenvalue weighted by Crippen LogP contribution is 2.03. The Hall–Kier alpha value is -1.83. The van der Waals surface area contributed by atoms with Crippen LogP contribution in [0.25, 0.3) is 0 Å². The summed E-state index contributed by atoms with van der Waals surface area (Å²) in [7, 11) is -2.80. The molecule has 0 fully saturated rings. The molecule has 0 atom stereocenters. The predicted molar refractivity (Wildman–Crippen MR) is 48.9 cm³/mol. The van der Waals surface area contributed by atoms with Gasteiger partial charge in [-0.1, -0.05) is 0 Å². The van der Waals surface area contributed by atoms with Crippen molar-refractivity contribution in [2.75, 3.05) is 0 Å². The fourth-order valence-electron chi connectivity index (χ4n) is 0.898. The second-order valence-electron chi connectivity index (χ2n) is 2.56. The third-order valence-electron chi connectivity index (χ3n) is 1.53. The van der Waals surface area contributed by atoms with Crippen molar-refractivity contribution in [3.05, 3.63) is 24.0 Å². The molecule has 0 aliphatic carbocycles. The molecule has 7 nitrogen and oxygen atoms in total. The molecule has 15 heavy (non-hydrogen) atoms. The van der Waals surface area contributed by atoms with Crippen LogP contribution in [0, 0.1) is 0 Å². The molecular weight excluding hydrogens is 224 g/mol. The Morgan fingerprint density at radius 2 is 2.27 bits per heavy atom. The Labute approximate surface area is 85.9 Å². The standard InChI is InChI=1S/C7H8N2O5S/c1-9-4-2-3-6(9)7(11)14-15(12,13)8-5-10/h2-5H,1H3,(H,8,10). The Morgan fingerprint density at radius 1 is 1.60 bits per heavy atom. The van der Waals surface area contributed by atoms with Crippen LogP contribution in [-0.2, 0) is 26.3 Å². The van der Waals surface area contributed by atoms with Gasteiger partial charge >= 0.3 is 16.3 Å². The number of nitrogens with zero attached hydrogens (tertiary/aromatic N) is 1. The Balaban J connectivity index is 2.81. The SMILES string of the molecule is Cn1cccc1C(=O)OS(=O)(=O)NC=O. The predicted octanol–water partition coefficient (Wildman–Crippen LogP) is -0.827. The summed E-state index contributed by atoms with van der Waals surface area (Å²) in [5, 5.41) is 0. The molecule has 1 amide bonds. The highest BCUT2D eigenvalue weighted by atomic mass is 32.2. The van der Waals surface area contributed by atoms with Crippen molar-refractivity contribution in [2.24, 2.45) is 7.05 Å². The monoisotopic (exact) mass is 232 g/mol. The van der Waals surface area contributed by atoms with Crippen molar-refractivity contribution in [1.29, 1.82) is 0 Å². The normalized spacial score (nSPS) is 10.7. The first-order chi connectivity index (χ1) is 6.96. The molecule has 0 aliphatic rings. The zero-order valence-corrected chi connectivity index (χ0v) is 8.52. The van der Waals surface area contributed by atoms with Gasteiger partial charge in [0.2, 0.25) is 6.41 Å². The van der Waals surface area contributed by atoms with Crippen LogP contribution in [0.2, 0.25) is 0 Å². The molecule has 8 heteroatoms. The van der Waals surface area contributed by atoms with Crippen LogP contribution < -0.4 is 4.72 Å². The maximum atomic E-state index is 11.2. The average molecular weight is 232 g/mol. The van der Waals surface area contributed by atoms with Gasteiger partial charge in [0.15, 0.2) is 0 Å². The second kappa shape index (κ2) is 4.13. The van der Waals surface area contributed by atoms with E-state index in [2.05, 4.69) is 4.18 Å². The summed E-state index contributed by atoms with van der Waals surface area (Å²) in [6, 6.07) is 2.94. The number of carbonyl (C=O) groups excluding carboxylic acids is 2. The van der Waals surface area contributed by atoms with Crippen molar-refractivity contribution in [2.45, 2.75) is 0 Å². The Bertz CT molecular complexity index is 475. The lowest BCUT2D eigenvalue weighted by atomic mass is 10.4. The molecule has 0 aliphatic heterocycles. The molecule has 0 aromatic carbocycles. The lowest BCUT2D eigenvalue weighted by molar-refractivity contribution is -0.108. The zero-order valence-electron chi connectivity index (χ0n) is 7.71. The number of rotatable bonds is 4. The number of aryl methyl sites for hydroxylation is 1. The van der Waals surface area contributed by atoms with Crippen LogP contribution in [0.5, 0.6) is 0 Å². The zero-order chi connectivity index (χ0) is 11.5. The average Bonchev–Trinajstić information content (AvgIpc) is 2.50. The number of carbonyl (C=O) groups is 2. The van der Waals surface area contributed by atoms with Crippen LogP contribution in [0.15, 0.2) is 18.3 Å². The molecule has 0 bridgehead atoms. The molecule has 1 aromatic rings. The number of nitrogens with one attached hydrogen (secondary N) is 1. The molecule has 0 saturated carbocycles. The Kier molecular flexibility index (Phi) is 3.10. The molecule has 82 valence electrons. The largest absolute Gasteiger partial charge is 0.412 e. The third kappa shape index (κ3) is 2.81. The first-order valence-electron chi connectivity index (χ1n) is 3.77. The quantitative estimate of drug-likeness (QED) is 0.684. The molecule has 1 rings (SSSR count). The maximum Gasteiger partial charge on any atom is 0.412 e. The van der Waals surface area contributed by atoms with Gasteiger partial charge in [0.05, 0.1) is 0 Å². The van der Waals surface area contributed by atoms with E-state index in [4.69, 9.17) is 0 Å². The molecule has 0 spiro atoms. The van der Waals surface area contributed by atoms with E-state index in [0.29, 0.717) is 0 Å². The molecule has 1 heterocycles. The molecular formula is C7H8N2O5S. The minimum atomic E-state index is -4.35. The second-order valence-corrected chi connectivity index (χ2v) is 3.88. The molecule has 1 aromatic heterocycles. The van der Waals surface area contributed by atoms with Gasteiger partial charge in [0.1, 0.15) is 5.69 Å². The fraction of sp³-hybridized carbons (Fsp3) is 0.143. The molecule has 1 N–H and O–H groups in total. The minimum absolute atomic E-state index is 0.0614. The van der Waals surface area contributed by atoms with E-state index < -0.39 is 16.3 Å². The van der Waals surface area contributed by atoms with Crippen molar-refractivity contribution >= 4 is 22.7 Å². The van der Waals surface area contributed by atoms with Gasteiger partial charge < -0.3 is 8.75 Å². The third-order valence-corrected chi connectivity index (χ3v) is 2.29. The molecule has 0 radical (unpaired) electrons. The van der Waals surface area contributed by atoms with E-state index in [9.17, 15) is 18.0 Å². The minimum Gasteiger partial charge on any atom is -0.345 e. The summed E-state index contributed by atoms with van der Waals surface area (Å²) >= 11 is 0. The summed E-state index contributed by atoms with van der Waals surface area (Å²) in [6.07, 6.45) is 1.46. The number of hydrogen-bond acceptors (Lipinski definition) is 5. The highest BCUT2D eigenvalue weighted by molar-refractivity contribution is 7.85. The maximum absolute atomic E-state index is 11.2. The van der Waals surface area contributed by atoms with E-state index >= 15 is 0 Å².